The standard InChI is InChI=1S/C27H41NO2/c1-16-11-14-28-24(25(16)30)17(2)21-7-8-22-20-6-5-18-15-19(29)9-12-26(18,3)23(20)10-13-27(21,22)4/h5,16-17,19-23,29H,6-15H2,1-4H3/t16-,17-,19+,20+,21-,22+,23+,26+,27-/m1/s1. The van der Waals surface area contributed by atoms with Crippen LogP contribution < -0.4 is 0 Å². The average molecular weight is 412 g/mol. The Morgan fingerprint density at radius 1 is 1.10 bits per heavy atom. The van der Waals surface area contributed by atoms with Gasteiger partial charge in [0, 0.05) is 18.4 Å². The maximum Gasteiger partial charge on any atom is 0.179 e. The molecule has 0 unspecified atom stereocenters. The van der Waals surface area contributed by atoms with Gasteiger partial charge in [0.1, 0.15) is 0 Å². The van der Waals surface area contributed by atoms with E-state index in [-0.39, 0.29) is 12.0 Å². The van der Waals surface area contributed by atoms with Gasteiger partial charge in [0.15, 0.2) is 5.78 Å². The van der Waals surface area contributed by atoms with Gasteiger partial charge in [-0.2, -0.15) is 0 Å². The lowest BCUT2D eigenvalue weighted by Crippen LogP contribution is -2.51. The molecule has 166 valence electrons. The predicted octanol–water partition coefficient (Wildman–Crippen LogP) is 5.61. The molecule has 0 aromatic heterocycles. The molecule has 0 aromatic rings. The smallest absolute Gasteiger partial charge is 0.179 e. The second-order valence-corrected chi connectivity index (χ2v) is 12.0. The second kappa shape index (κ2) is 7.29. The molecule has 0 bridgehead atoms. The molecule has 30 heavy (non-hydrogen) atoms. The van der Waals surface area contributed by atoms with E-state index in [9.17, 15) is 9.90 Å². The van der Waals surface area contributed by atoms with Crippen molar-refractivity contribution in [2.24, 2.45) is 51.3 Å². The number of carbonyl (C=O) groups is 1. The van der Waals surface area contributed by atoms with Crippen LogP contribution in [0.5, 0.6) is 0 Å². The molecule has 3 nitrogen and oxygen atoms in total. The summed E-state index contributed by atoms with van der Waals surface area (Å²) < 4.78 is 0. The van der Waals surface area contributed by atoms with Gasteiger partial charge >= 0.3 is 0 Å². The quantitative estimate of drug-likeness (QED) is 0.600. The van der Waals surface area contributed by atoms with Gasteiger partial charge in [-0.15, -0.1) is 0 Å². The highest BCUT2D eigenvalue weighted by Gasteiger charge is 2.59. The summed E-state index contributed by atoms with van der Waals surface area (Å²) in [6.07, 6.45) is 12.8. The number of hydrogen-bond donors (Lipinski definition) is 1. The highest BCUT2D eigenvalue weighted by Crippen LogP contribution is 2.67. The van der Waals surface area contributed by atoms with Crippen LogP contribution in [-0.2, 0) is 4.79 Å². The molecule has 1 heterocycles. The largest absolute Gasteiger partial charge is 0.393 e. The molecule has 0 aromatic carbocycles. The molecule has 5 rings (SSSR count). The number of aliphatic hydroxyl groups excluding tert-OH is 1. The molecule has 3 fully saturated rings. The first-order valence-corrected chi connectivity index (χ1v) is 12.7. The zero-order chi connectivity index (χ0) is 21.3. The molecule has 0 spiro atoms. The van der Waals surface area contributed by atoms with E-state index in [4.69, 9.17) is 4.99 Å². The first-order chi connectivity index (χ1) is 14.3. The van der Waals surface area contributed by atoms with Crippen LogP contribution in [0.4, 0.5) is 0 Å². The van der Waals surface area contributed by atoms with E-state index in [1.165, 1.54) is 32.1 Å². The Morgan fingerprint density at radius 3 is 2.70 bits per heavy atom. The fourth-order valence-corrected chi connectivity index (χ4v) is 8.90. The summed E-state index contributed by atoms with van der Waals surface area (Å²) in [5, 5.41) is 10.2. The molecule has 9 atom stereocenters. The van der Waals surface area contributed by atoms with Crippen LogP contribution in [0.15, 0.2) is 16.6 Å². The van der Waals surface area contributed by atoms with Crippen molar-refractivity contribution in [2.45, 2.75) is 91.6 Å². The summed E-state index contributed by atoms with van der Waals surface area (Å²) in [5.41, 5.74) is 3.14. The number of Topliss-reactive ketones (excluding diaryl/α,β-unsaturated/α-hetero) is 1. The zero-order valence-electron chi connectivity index (χ0n) is 19.5. The first kappa shape index (κ1) is 20.9. The van der Waals surface area contributed by atoms with Crippen molar-refractivity contribution in [3.8, 4) is 0 Å². The van der Waals surface area contributed by atoms with Crippen LogP contribution >= 0.6 is 0 Å². The third-order valence-corrected chi connectivity index (χ3v) is 10.7. The van der Waals surface area contributed by atoms with Crippen molar-refractivity contribution < 1.29 is 9.90 Å². The Bertz CT molecular complexity index is 784. The minimum Gasteiger partial charge on any atom is -0.393 e. The molecule has 1 N–H and O–H groups in total. The highest BCUT2D eigenvalue weighted by atomic mass is 16.3. The fourth-order valence-electron chi connectivity index (χ4n) is 8.90. The normalized spacial score (nSPS) is 49.4. The monoisotopic (exact) mass is 411 g/mol. The maximum absolute atomic E-state index is 12.9. The number of aliphatic imine (C=N–C) groups is 1. The van der Waals surface area contributed by atoms with Gasteiger partial charge in [-0.05, 0) is 92.3 Å². The van der Waals surface area contributed by atoms with Crippen molar-refractivity contribution in [3.05, 3.63) is 11.6 Å². The van der Waals surface area contributed by atoms with Crippen LogP contribution in [0.3, 0.4) is 0 Å². The summed E-state index contributed by atoms with van der Waals surface area (Å²) in [6.45, 7) is 10.3. The summed E-state index contributed by atoms with van der Waals surface area (Å²) in [6, 6.07) is 0. The lowest BCUT2D eigenvalue weighted by Gasteiger charge is -2.58. The summed E-state index contributed by atoms with van der Waals surface area (Å²) in [5.74, 6) is 3.74. The molecular formula is C27H41NO2. The Morgan fingerprint density at radius 2 is 1.90 bits per heavy atom. The Labute approximate surface area is 182 Å². The summed E-state index contributed by atoms with van der Waals surface area (Å²) in [7, 11) is 0. The van der Waals surface area contributed by atoms with Crippen molar-refractivity contribution >= 4 is 11.5 Å². The molecular weight excluding hydrogens is 370 g/mol. The van der Waals surface area contributed by atoms with E-state index in [1.54, 1.807) is 5.57 Å². The van der Waals surface area contributed by atoms with Crippen molar-refractivity contribution in [1.29, 1.82) is 0 Å². The SMILES string of the molecule is C[C@@H]1CCN=C([C@H](C)[C@H]2CC[C@H]3[C@@H]4CC=C5C[C@@H](O)CC[C@]5(C)[C@H]4CC[C@]23C)C1=O. The van der Waals surface area contributed by atoms with Crippen molar-refractivity contribution in [3.63, 3.8) is 0 Å². The number of nitrogens with zero attached hydrogens (tertiary/aromatic N) is 1. The zero-order valence-corrected chi connectivity index (χ0v) is 19.5. The number of fused-ring (bicyclic) bond motifs is 5. The van der Waals surface area contributed by atoms with Gasteiger partial charge < -0.3 is 5.11 Å². The molecule has 3 heteroatoms. The molecule has 0 saturated heterocycles. The van der Waals surface area contributed by atoms with Crippen LogP contribution in [0.2, 0.25) is 0 Å². The molecule has 3 saturated carbocycles. The summed E-state index contributed by atoms with van der Waals surface area (Å²) in [4.78, 5) is 17.6. The maximum atomic E-state index is 12.9. The topological polar surface area (TPSA) is 49.7 Å². The van der Waals surface area contributed by atoms with Gasteiger partial charge in [0.05, 0.1) is 11.8 Å². The lowest BCUT2D eigenvalue weighted by molar-refractivity contribution is -0.117. The second-order valence-electron chi connectivity index (χ2n) is 12.0. The van der Waals surface area contributed by atoms with E-state index in [0.717, 1.165) is 55.7 Å². The molecule has 1 aliphatic heterocycles. The van der Waals surface area contributed by atoms with E-state index in [1.807, 2.05) is 0 Å². The van der Waals surface area contributed by atoms with Crippen LogP contribution in [-0.4, -0.2) is 29.3 Å². The van der Waals surface area contributed by atoms with E-state index in [2.05, 4.69) is 33.8 Å². The number of aliphatic hydroxyl groups is 1. The van der Waals surface area contributed by atoms with Crippen molar-refractivity contribution in [1.82, 2.24) is 0 Å². The van der Waals surface area contributed by atoms with E-state index >= 15 is 0 Å². The number of hydrogen-bond acceptors (Lipinski definition) is 3. The minimum absolute atomic E-state index is 0.123. The van der Waals surface area contributed by atoms with Gasteiger partial charge in [-0.3, -0.25) is 9.79 Å². The Hall–Kier alpha value is -0.960. The molecule has 0 radical (unpaired) electrons. The van der Waals surface area contributed by atoms with Gasteiger partial charge in [-0.25, -0.2) is 0 Å². The van der Waals surface area contributed by atoms with E-state index < -0.39 is 0 Å². The molecule has 4 aliphatic carbocycles. The fraction of sp³-hybridized carbons (Fsp3) is 0.852. The van der Waals surface area contributed by atoms with Gasteiger partial charge in [-0.1, -0.05) is 39.3 Å². The third kappa shape index (κ3) is 2.93. The van der Waals surface area contributed by atoms with E-state index in [0.29, 0.717) is 28.4 Å². The summed E-state index contributed by atoms with van der Waals surface area (Å²) >= 11 is 0. The average Bonchev–Trinajstić information content (AvgIpc) is 3.07. The Kier molecular flexibility index (Phi) is 5.08. The number of carbonyl (C=O) groups excluding carboxylic acids is 1. The third-order valence-electron chi connectivity index (χ3n) is 10.7. The number of rotatable bonds is 2. The van der Waals surface area contributed by atoms with Crippen molar-refractivity contribution in [2.75, 3.05) is 6.54 Å². The predicted molar refractivity (Wildman–Crippen MR) is 121 cm³/mol. The molecule has 0 amide bonds. The van der Waals surface area contributed by atoms with Crippen LogP contribution in [0.1, 0.15) is 85.5 Å². The first-order valence-electron chi connectivity index (χ1n) is 12.7. The number of allylic oxidation sites excluding steroid dienone is 1. The number of ketones is 1. The van der Waals surface area contributed by atoms with Crippen LogP contribution in [0.25, 0.3) is 0 Å². The van der Waals surface area contributed by atoms with Crippen LogP contribution in [0, 0.1) is 46.3 Å². The van der Waals surface area contributed by atoms with Gasteiger partial charge in [0.2, 0.25) is 0 Å². The highest BCUT2D eigenvalue weighted by molar-refractivity contribution is 6.41. The minimum atomic E-state index is -0.123. The molecule has 5 aliphatic rings. The lowest BCUT2D eigenvalue weighted by atomic mass is 9.47. The van der Waals surface area contributed by atoms with Gasteiger partial charge in [0.25, 0.3) is 0 Å². The Balaban J connectivity index is 1.41.